The molecule has 6 unspecified atom stereocenters. The zero-order valence-corrected chi connectivity index (χ0v) is 13.0. The lowest BCUT2D eigenvalue weighted by Gasteiger charge is -2.40. The Kier molecular flexibility index (Phi) is 4.06. The van der Waals surface area contributed by atoms with E-state index < -0.39 is 78.1 Å². The quantitative estimate of drug-likeness (QED) is 0.388. The Balaban J connectivity index is 2.11. The second-order valence-corrected chi connectivity index (χ2v) is 6.74. The van der Waals surface area contributed by atoms with Crippen LogP contribution in [-0.2, 0) is 19.1 Å². The minimum atomic E-state index is -7.19. The van der Waals surface area contributed by atoms with Crippen LogP contribution >= 0.6 is 0 Å². The highest BCUT2D eigenvalue weighted by Crippen LogP contribution is 2.64. The molecule has 6 nitrogen and oxygen atoms in total. The van der Waals surface area contributed by atoms with Crippen molar-refractivity contribution in [3.05, 3.63) is 0 Å². The van der Waals surface area contributed by atoms with Crippen molar-refractivity contribution in [1.82, 2.24) is 0 Å². The van der Waals surface area contributed by atoms with Gasteiger partial charge in [-0.3, -0.25) is 9.59 Å². The van der Waals surface area contributed by atoms with Crippen molar-refractivity contribution in [3.63, 3.8) is 0 Å². The van der Waals surface area contributed by atoms with Crippen LogP contribution in [0.15, 0.2) is 0 Å². The summed E-state index contributed by atoms with van der Waals surface area (Å²) in [6.45, 7) is 0. The summed E-state index contributed by atoms with van der Waals surface area (Å²) >= 11 is 0. The van der Waals surface area contributed by atoms with Crippen molar-refractivity contribution in [2.45, 2.75) is 48.9 Å². The number of ether oxygens (including phenoxy) is 2. The van der Waals surface area contributed by atoms with Gasteiger partial charge in [0.05, 0.1) is 12.2 Å². The van der Waals surface area contributed by atoms with E-state index in [9.17, 15) is 59.3 Å². The number of carbonyl (C=O) groups excluding carboxylic acids is 2. The Hall–Kier alpha value is -1.77. The number of halogens is 9. The van der Waals surface area contributed by atoms with E-state index in [4.69, 9.17) is 0 Å². The number of fused-ring (bicyclic) bond motifs is 1. The van der Waals surface area contributed by atoms with Crippen molar-refractivity contribution in [1.29, 1.82) is 0 Å². The molecule has 160 valence electrons. The fraction of sp³-hybridized carbons (Fsp3) is 0.846. The van der Waals surface area contributed by atoms with Crippen LogP contribution in [0.5, 0.6) is 0 Å². The molecule has 0 aromatic heterocycles. The van der Waals surface area contributed by atoms with E-state index in [2.05, 4.69) is 9.47 Å². The Morgan fingerprint density at radius 2 is 1.46 bits per heavy atom. The molecule has 1 aliphatic heterocycles. The van der Waals surface area contributed by atoms with Gasteiger partial charge in [0.15, 0.2) is 5.41 Å². The van der Waals surface area contributed by atoms with Gasteiger partial charge in [-0.05, 0) is 6.42 Å². The number of hydrogen-bond donors (Lipinski definition) is 2. The Labute approximate surface area is 148 Å². The molecule has 15 heteroatoms. The van der Waals surface area contributed by atoms with Gasteiger partial charge in [-0.1, -0.05) is 0 Å². The number of aliphatic hydroxyl groups is 2. The van der Waals surface area contributed by atoms with E-state index in [1.165, 1.54) is 0 Å². The van der Waals surface area contributed by atoms with Crippen LogP contribution in [0.1, 0.15) is 6.42 Å². The zero-order chi connectivity index (χ0) is 21.7. The number of carbonyl (C=O) groups is 2. The van der Waals surface area contributed by atoms with Crippen LogP contribution in [-0.4, -0.2) is 64.6 Å². The lowest BCUT2D eigenvalue weighted by Crippen LogP contribution is -2.70. The molecule has 1 heterocycles. The standard InChI is InChI=1S/C13H9F9O6/c14-11(15,16)10(12(17,18)19,13(20,21)22)28-8(26)9-3-1-2(6(9)24)4(23)5(3)27-7(9)25/h2-6,23-24H,1H2. The second-order valence-electron chi connectivity index (χ2n) is 6.74. The predicted octanol–water partition coefficient (Wildman–Crippen LogP) is 1.24. The lowest BCUT2D eigenvalue weighted by atomic mass is 9.71. The molecule has 1 saturated heterocycles. The number of alkyl halides is 9. The molecule has 3 aliphatic rings. The average molecular weight is 432 g/mol. The van der Waals surface area contributed by atoms with Crippen LogP contribution in [0.3, 0.4) is 0 Å². The highest BCUT2D eigenvalue weighted by Gasteiger charge is 2.89. The van der Waals surface area contributed by atoms with Crippen LogP contribution in [0.25, 0.3) is 0 Å². The largest absolute Gasteiger partial charge is 0.458 e. The molecule has 2 aliphatic carbocycles. The van der Waals surface area contributed by atoms with E-state index in [-0.39, 0.29) is 0 Å². The maximum Gasteiger partial charge on any atom is 0.447 e. The first-order valence-electron chi connectivity index (χ1n) is 7.45. The SMILES string of the molecule is O=C1OC2C(O)C3CC2C1(C(=O)OC(C(F)(F)F)(C(F)(F)F)C(F)(F)F)C3O. The van der Waals surface area contributed by atoms with Gasteiger partial charge in [0.1, 0.15) is 6.10 Å². The summed E-state index contributed by atoms with van der Waals surface area (Å²) in [5, 5.41) is 19.8. The molecule has 2 saturated carbocycles. The average Bonchev–Trinajstić information content (AvgIpc) is 3.03. The molecule has 3 fully saturated rings. The summed E-state index contributed by atoms with van der Waals surface area (Å²) in [5.41, 5.74) is -10.2. The normalized spacial score (nSPS) is 38.0. The van der Waals surface area contributed by atoms with Gasteiger partial charge in [-0.2, -0.15) is 39.5 Å². The summed E-state index contributed by atoms with van der Waals surface area (Å²) in [7, 11) is 0. The topological polar surface area (TPSA) is 93.1 Å². The molecule has 0 amide bonds. The number of rotatable bonds is 2. The first kappa shape index (κ1) is 21.0. The highest BCUT2D eigenvalue weighted by atomic mass is 19.4. The maximum absolute atomic E-state index is 13.0. The smallest absolute Gasteiger partial charge is 0.447 e. The van der Waals surface area contributed by atoms with Crippen molar-refractivity contribution < 1.29 is 68.8 Å². The van der Waals surface area contributed by atoms with Gasteiger partial charge in [0.2, 0.25) is 0 Å². The Morgan fingerprint density at radius 3 is 1.86 bits per heavy atom. The molecule has 0 aromatic rings. The summed E-state index contributed by atoms with van der Waals surface area (Å²) in [5.74, 6) is -7.76. The van der Waals surface area contributed by atoms with Crippen molar-refractivity contribution in [3.8, 4) is 0 Å². The molecule has 2 bridgehead atoms. The molecule has 3 rings (SSSR count). The molecule has 0 spiro atoms. The van der Waals surface area contributed by atoms with Gasteiger partial charge in [0, 0.05) is 11.8 Å². The molecule has 0 radical (unpaired) electrons. The minimum absolute atomic E-state index is 0.453. The lowest BCUT2D eigenvalue weighted by molar-refractivity contribution is -0.447. The summed E-state index contributed by atoms with van der Waals surface area (Å²) in [6, 6.07) is 0. The number of aliphatic hydroxyl groups excluding tert-OH is 2. The van der Waals surface area contributed by atoms with Gasteiger partial charge in [-0.25, -0.2) is 0 Å². The first-order chi connectivity index (χ1) is 12.4. The highest BCUT2D eigenvalue weighted by molar-refractivity contribution is 6.04. The van der Waals surface area contributed by atoms with Crippen LogP contribution in [0.2, 0.25) is 0 Å². The van der Waals surface area contributed by atoms with Gasteiger partial charge in [-0.15, -0.1) is 0 Å². The number of hydrogen-bond acceptors (Lipinski definition) is 6. The molecular formula is C13H9F9O6. The van der Waals surface area contributed by atoms with Gasteiger partial charge < -0.3 is 19.7 Å². The van der Waals surface area contributed by atoms with Gasteiger partial charge >= 0.3 is 36.1 Å². The summed E-state index contributed by atoms with van der Waals surface area (Å²) in [4.78, 5) is 24.2. The fourth-order valence-corrected chi connectivity index (χ4v) is 4.25. The molecule has 2 N–H and O–H groups in total. The molecular weight excluding hydrogens is 423 g/mol. The van der Waals surface area contributed by atoms with Crippen molar-refractivity contribution in [2.75, 3.05) is 0 Å². The third-order valence-electron chi connectivity index (χ3n) is 5.52. The third-order valence-corrected chi connectivity index (χ3v) is 5.52. The molecule has 0 aromatic carbocycles. The molecule has 28 heavy (non-hydrogen) atoms. The zero-order valence-electron chi connectivity index (χ0n) is 13.0. The Bertz CT molecular complexity index is 677. The van der Waals surface area contributed by atoms with Gasteiger partial charge in [0.25, 0.3) is 0 Å². The van der Waals surface area contributed by atoms with E-state index >= 15 is 0 Å². The van der Waals surface area contributed by atoms with E-state index in [1.807, 2.05) is 0 Å². The van der Waals surface area contributed by atoms with E-state index in [0.717, 1.165) is 0 Å². The number of esters is 2. The summed E-state index contributed by atoms with van der Waals surface area (Å²) in [6.07, 6.45) is -27.6. The van der Waals surface area contributed by atoms with Crippen molar-refractivity contribution >= 4 is 11.9 Å². The van der Waals surface area contributed by atoms with Crippen LogP contribution in [0.4, 0.5) is 39.5 Å². The van der Waals surface area contributed by atoms with E-state index in [0.29, 0.717) is 0 Å². The van der Waals surface area contributed by atoms with Crippen molar-refractivity contribution in [2.24, 2.45) is 17.3 Å². The first-order valence-corrected chi connectivity index (χ1v) is 7.45. The minimum Gasteiger partial charge on any atom is -0.458 e. The Morgan fingerprint density at radius 1 is 1.00 bits per heavy atom. The molecule has 6 atom stereocenters. The maximum atomic E-state index is 13.0. The monoisotopic (exact) mass is 432 g/mol. The van der Waals surface area contributed by atoms with Crippen LogP contribution in [0, 0.1) is 17.3 Å². The third kappa shape index (κ3) is 2.14. The predicted molar refractivity (Wildman–Crippen MR) is 62.9 cm³/mol. The van der Waals surface area contributed by atoms with E-state index in [1.54, 1.807) is 0 Å². The second kappa shape index (κ2) is 5.43. The summed E-state index contributed by atoms with van der Waals surface area (Å²) < 4.78 is 124. The fourth-order valence-electron chi connectivity index (χ4n) is 4.25. The van der Waals surface area contributed by atoms with Crippen LogP contribution < -0.4 is 0 Å².